The molecule has 0 aliphatic heterocycles. The van der Waals surface area contributed by atoms with Crippen molar-refractivity contribution in [2.75, 3.05) is 6.54 Å². The molecule has 0 saturated carbocycles. The first-order valence-corrected chi connectivity index (χ1v) is 6.76. The van der Waals surface area contributed by atoms with Gasteiger partial charge in [-0.25, -0.2) is 4.98 Å². The standard InChI is InChI=1S/C11H14N2S2/c1-8-4-6-14-10(8)11-13-9(7-15-11)3-2-5-12/h4,6-7H,2-3,5,12H2,1H3. The summed E-state index contributed by atoms with van der Waals surface area (Å²) in [5, 5.41) is 5.41. The Balaban J connectivity index is 2.17. The summed E-state index contributed by atoms with van der Waals surface area (Å²) < 4.78 is 0. The number of nitrogens with two attached hydrogens (primary N) is 1. The molecule has 0 saturated heterocycles. The van der Waals surface area contributed by atoms with Gasteiger partial charge in [0.15, 0.2) is 0 Å². The van der Waals surface area contributed by atoms with E-state index >= 15 is 0 Å². The third kappa shape index (κ3) is 2.45. The molecule has 2 aromatic heterocycles. The SMILES string of the molecule is Cc1ccsc1-c1nc(CCCN)cs1. The minimum Gasteiger partial charge on any atom is -0.330 e. The first kappa shape index (κ1) is 10.8. The Morgan fingerprint density at radius 1 is 1.40 bits per heavy atom. The van der Waals surface area contributed by atoms with Crippen molar-refractivity contribution in [2.24, 2.45) is 5.73 Å². The maximum Gasteiger partial charge on any atom is 0.133 e. The molecule has 4 heteroatoms. The van der Waals surface area contributed by atoms with E-state index < -0.39 is 0 Å². The van der Waals surface area contributed by atoms with E-state index in [1.54, 1.807) is 22.7 Å². The Morgan fingerprint density at radius 2 is 2.27 bits per heavy atom. The van der Waals surface area contributed by atoms with Gasteiger partial charge < -0.3 is 5.73 Å². The number of nitrogens with zero attached hydrogens (tertiary/aromatic N) is 1. The molecule has 0 amide bonds. The van der Waals surface area contributed by atoms with Crippen LogP contribution >= 0.6 is 22.7 Å². The molecule has 80 valence electrons. The van der Waals surface area contributed by atoms with E-state index in [9.17, 15) is 0 Å². The van der Waals surface area contributed by atoms with Crippen molar-refractivity contribution >= 4 is 22.7 Å². The van der Waals surface area contributed by atoms with Crippen molar-refractivity contribution in [3.05, 3.63) is 28.1 Å². The van der Waals surface area contributed by atoms with Crippen molar-refractivity contribution < 1.29 is 0 Å². The van der Waals surface area contributed by atoms with Crippen LogP contribution in [-0.4, -0.2) is 11.5 Å². The number of hydrogen-bond acceptors (Lipinski definition) is 4. The topological polar surface area (TPSA) is 38.9 Å². The number of aryl methyl sites for hydroxylation is 2. The average Bonchev–Trinajstić information content (AvgIpc) is 2.83. The van der Waals surface area contributed by atoms with Gasteiger partial charge in [-0.2, -0.15) is 0 Å². The second-order valence-electron chi connectivity index (χ2n) is 3.47. The Hall–Kier alpha value is -0.710. The highest BCUT2D eigenvalue weighted by Gasteiger charge is 2.08. The van der Waals surface area contributed by atoms with Crippen LogP contribution < -0.4 is 5.73 Å². The fourth-order valence-electron chi connectivity index (χ4n) is 1.40. The number of thiazole rings is 1. The van der Waals surface area contributed by atoms with E-state index in [1.165, 1.54) is 16.1 Å². The molecule has 0 aliphatic rings. The van der Waals surface area contributed by atoms with Crippen LogP contribution in [0.5, 0.6) is 0 Å². The quantitative estimate of drug-likeness (QED) is 0.889. The summed E-state index contributed by atoms with van der Waals surface area (Å²) in [6.07, 6.45) is 2.02. The number of hydrogen-bond donors (Lipinski definition) is 1. The molecular formula is C11H14N2S2. The second-order valence-corrected chi connectivity index (χ2v) is 5.24. The van der Waals surface area contributed by atoms with Gasteiger partial charge in [-0.1, -0.05) is 0 Å². The number of aromatic nitrogens is 1. The molecule has 0 fully saturated rings. The van der Waals surface area contributed by atoms with Crippen molar-refractivity contribution in [1.29, 1.82) is 0 Å². The predicted octanol–water partition coefficient (Wildman–Crippen LogP) is 3.07. The summed E-state index contributed by atoms with van der Waals surface area (Å²) in [5.41, 5.74) is 7.97. The van der Waals surface area contributed by atoms with E-state index in [4.69, 9.17) is 5.73 Å². The fraction of sp³-hybridized carbons (Fsp3) is 0.364. The molecule has 2 heterocycles. The minimum atomic E-state index is 0.741. The molecule has 2 nitrogen and oxygen atoms in total. The fourth-order valence-corrected chi connectivity index (χ4v) is 3.35. The van der Waals surface area contributed by atoms with E-state index in [0.29, 0.717) is 0 Å². The molecule has 0 aromatic carbocycles. The minimum absolute atomic E-state index is 0.741. The van der Waals surface area contributed by atoms with Crippen LogP contribution in [0.1, 0.15) is 17.7 Å². The normalized spacial score (nSPS) is 10.8. The zero-order valence-electron chi connectivity index (χ0n) is 8.69. The monoisotopic (exact) mass is 238 g/mol. The Bertz CT molecular complexity index is 431. The Kier molecular flexibility index (Phi) is 3.51. The smallest absolute Gasteiger partial charge is 0.133 e. The molecule has 0 unspecified atom stereocenters. The second kappa shape index (κ2) is 4.88. The van der Waals surface area contributed by atoms with Crippen molar-refractivity contribution in [3.63, 3.8) is 0 Å². The zero-order valence-corrected chi connectivity index (χ0v) is 10.3. The van der Waals surface area contributed by atoms with Crippen molar-refractivity contribution in [3.8, 4) is 9.88 Å². The first-order chi connectivity index (χ1) is 7.31. The van der Waals surface area contributed by atoms with Crippen LogP contribution in [0, 0.1) is 6.92 Å². The van der Waals surface area contributed by atoms with Gasteiger partial charge in [0.1, 0.15) is 5.01 Å². The molecule has 0 atom stereocenters. The number of rotatable bonds is 4. The van der Waals surface area contributed by atoms with Gasteiger partial charge in [-0.05, 0) is 43.3 Å². The summed E-state index contributed by atoms with van der Waals surface area (Å²) in [7, 11) is 0. The summed E-state index contributed by atoms with van der Waals surface area (Å²) in [6, 6.07) is 2.14. The van der Waals surface area contributed by atoms with Gasteiger partial charge in [-0.3, -0.25) is 0 Å². The molecule has 0 spiro atoms. The third-order valence-corrected chi connectivity index (χ3v) is 4.31. The van der Waals surface area contributed by atoms with E-state index in [0.717, 1.165) is 24.4 Å². The molecule has 2 N–H and O–H groups in total. The van der Waals surface area contributed by atoms with Crippen LogP contribution in [0.15, 0.2) is 16.8 Å². The maximum atomic E-state index is 5.48. The third-order valence-electron chi connectivity index (χ3n) is 2.25. The highest BCUT2D eigenvalue weighted by atomic mass is 32.1. The first-order valence-electron chi connectivity index (χ1n) is 5.00. The highest BCUT2D eigenvalue weighted by molar-refractivity contribution is 7.20. The van der Waals surface area contributed by atoms with Crippen LogP contribution in [-0.2, 0) is 6.42 Å². The van der Waals surface area contributed by atoms with Gasteiger partial charge in [-0.15, -0.1) is 22.7 Å². The van der Waals surface area contributed by atoms with Gasteiger partial charge >= 0.3 is 0 Å². The zero-order chi connectivity index (χ0) is 10.7. The average molecular weight is 238 g/mol. The predicted molar refractivity (Wildman–Crippen MR) is 67.5 cm³/mol. The van der Waals surface area contributed by atoms with Gasteiger partial charge in [0.05, 0.1) is 10.6 Å². The lowest BCUT2D eigenvalue weighted by Gasteiger charge is -1.93. The van der Waals surface area contributed by atoms with Crippen LogP contribution in [0.25, 0.3) is 9.88 Å². The molecule has 0 bridgehead atoms. The Morgan fingerprint density at radius 3 is 2.93 bits per heavy atom. The summed E-state index contributed by atoms with van der Waals surface area (Å²) in [5.74, 6) is 0. The largest absolute Gasteiger partial charge is 0.330 e. The lowest BCUT2D eigenvalue weighted by Crippen LogP contribution is -2.00. The molecule has 0 radical (unpaired) electrons. The molecular weight excluding hydrogens is 224 g/mol. The van der Waals surface area contributed by atoms with Gasteiger partial charge in [0.2, 0.25) is 0 Å². The lowest BCUT2D eigenvalue weighted by atomic mass is 10.2. The molecule has 2 aromatic rings. The maximum absolute atomic E-state index is 5.48. The van der Waals surface area contributed by atoms with Crippen LogP contribution in [0.2, 0.25) is 0 Å². The van der Waals surface area contributed by atoms with Crippen LogP contribution in [0.3, 0.4) is 0 Å². The van der Waals surface area contributed by atoms with Gasteiger partial charge in [0.25, 0.3) is 0 Å². The van der Waals surface area contributed by atoms with Crippen molar-refractivity contribution in [2.45, 2.75) is 19.8 Å². The van der Waals surface area contributed by atoms with Crippen molar-refractivity contribution in [1.82, 2.24) is 4.98 Å². The molecule has 2 rings (SSSR count). The van der Waals surface area contributed by atoms with Crippen LogP contribution in [0.4, 0.5) is 0 Å². The number of thiophene rings is 1. The Labute approximate surface area is 97.8 Å². The summed E-state index contributed by atoms with van der Waals surface area (Å²) in [6.45, 7) is 2.87. The molecule has 0 aliphatic carbocycles. The lowest BCUT2D eigenvalue weighted by molar-refractivity contribution is 0.816. The highest BCUT2D eigenvalue weighted by Crippen LogP contribution is 2.31. The van der Waals surface area contributed by atoms with Gasteiger partial charge in [0, 0.05) is 5.38 Å². The summed E-state index contributed by atoms with van der Waals surface area (Å²) >= 11 is 3.49. The summed E-state index contributed by atoms with van der Waals surface area (Å²) in [4.78, 5) is 5.93. The van der Waals surface area contributed by atoms with E-state index in [2.05, 4.69) is 28.7 Å². The van der Waals surface area contributed by atoms with E-state index in [1.807, 2.05) is 0 Å². The molecule has 15 heavy (non-hydrogen) atoms. The van der Waals surface area contributed by atoms with E-state index in [-0.39, 0.29) is 0 Å².